The van der Waals surface area contributed by atoms with Crippen LogP contribution in [0.2, 0.25) is 0 Å². The topological polar surface area (TPSA) is 71.8 Å². The van der Waals surface area contributed by atoms with Crippen LogP contribution in [-0.4, -0.2) is 48.6 Å². The summed E-state index contributed by atoms with van der Waals surface area (Å²) in [6.45, 7) is 2.06. The van der Waals surface area contributed by atoms with Gasteiger partial charge in [-0.25, -0.2) is 0 Å². The molecule has 2 aliphatic rings. The van der Waals surface area contributed by atoms with E-state index in [-0.39, 0.29) is 23.6 Å². The molecule has 2 amide bonds. The smallest absolute Gasteiger partial charge is 0.288 e. The van der Waals surface area contributed by atoms with Gasteiger partial charge >= 0.3 is 0 Å². The molecule has 2 aliphatic heterocycles. The van der Waals surface area contributed by atoms with E-state index in [1.165, 1.54) is 6.26 Å². The van der Waals surface area contributed by atoms with Gasteiger partial charge in [0.05, 0.1) is 6.26 Å². The molecule has 0 spiro atoms. The average Bonchev–Trinajstić information content (AvgIpc) is 3.31. The molecule has 2 saturated heterocycles. The molecule has 6 heteroatoms. The van der Waals surface area contributed by atoms with Gasteiger partial charge in [0.1, 0.15) is 6.04 Å². The molecule has 4 rings (SSSR count). The van der Waals surface area contributed by atoms with Crippen LogP contribution in [0.25, 0.3) is 11.1 Å². The highest BCUT2D eigenvalue weighted by atomic mass is 16.5. The van der Waals surface area contributed by atoms with Gasteiger partial charge in [-0.3, -0.25) is 9.59 Å². The van der Waals surface area contributed by atoms with Crippen LogP contribution in [0.5, 0.6) is 0 Å². The molecule has 26 heavy (non-hydrogen) atoms. The number of nitrogens with zero attached hydrogens (tertiary/aromatic N) is 1. The van der Waals surface area contributed by atoms with Crippen molar-refractivity contribution in [1.29, 1.82) is 0 Å². The lowest BCUT2D eigenvalue weighted by Gasteiger charge is -2.31. The van der Waals surface area contributed by atoms with Gasteiger partial charge in [-0.15, -0.1) is 0 Å². The van der Waals surface area contributed by atoms with E-state index < -0.39 is 6.04 Å². The first-order valence-corrected chi connectivity index (χ1v) is 9.06. The number of amides is 2. The first-order valence-electron chi connectivity index (χ1n) is 9.06. The van der Waals surface area contributed by atoms with Crippen molar-refractivity contribution in [2.24, 2.45) is 0 Å². The molecule has 1 N–H and O–H groups in total. The quantitative estimate of drug-likeness (QED) is 0.915. The molecule has 2 fully saturated rings. The lowest BCUT2D eigenvalue weighted by Crippen LogP contribution is -2.46. The molecular formula is C20H22N2O4. The van der Waals surface area contributed by atoms with E-state index in [0.717, 1.165) is 24.0 Å². The Labute approximate surface area is 152 Å². The standard InChI is InChI=1S/C20H22N2O4/c23-19(18-16(9-13-26-18)14-4-2-1-3-5-14)21-17-6-10-22(20(17)24)15-7-11-25-12-8-15/h1-5,9,13,15,17H,6-8,10-12H2,(H,21,23). The number of carbonyl (C=O) groups is 2. The molecule has 0 bridgehead atoms. The summed E-state index contributed by atoms with van der Waals surface area (Å²) in [5.74, 6) is -0.104. The van der Waals surface area contributed by atoms with Crippen LogP contribution in [-0.2, 0) is 9.53 Å². The Morgan fingerprint density at radius 3 is 2.62 bits per heavy atom. The van der Waals surface area contributed by atoms with E-state index >= 15 is 0 Å². The van der Waals surface area contributed by atoms with Crippen LogP contribution in [0, 0.1) is 0 Å². The number of carbonyl (C=O) groups excluding carboxylic acids is 2. The minimum atomic E-state index is -0.487. The van der Waals surface area contributed by atoms with Gasteiger partial charge in [0.25, 0.3) is 5.91 Å². The normalized spacial score (nSPS) is 21.2. The van der Waals surface area contributed by atoms with Crippen LogP contribution >= 0.6 is 0 Å². The van der Waals surface area contributed by atoms with Gasteiger partial charge in [0.2, 0.25) is 5.91 Å². The summed E-state index contributed by atoms with van der Waals surface area (Å²) in [7, 11) is 0. The number of rotatable bonds is 4. The van der Waals surface area contributed by atoms with Crippen molar-refractivity contribution in [3.8, 4) is 11.1 Å². The predicted octanol–water partition coefficient (Wildman–Crippen LogP) is 2.46. The summed E-state index contributed by atoms with van der Waals surface area (Å²) in [6.07, 6.45) is 3.86. The molecule has 0 saturated carbocycles. The Morgan fingerprint density at radius 1 is 1.08 bits per heavy atom. The SMILES string of the molecule is O=C(NC1CCN(C2CCOCC2)C1=O)c1occc1-c1ccccc1. The van der Waals surface area contributed by atoms with Crippen molar-refractivity contribution >= 4 is 11.8 Å². The highest BCUT2D eigenvalue weighted by molar-refractivity contribution is 6.00. The third-order valence-electron chi connectivity index (χ3n) is 5.13. The fourth-order valence-electron chi connectivity index (χ4n) is 3.75. The van der Waals surface area contributed by atoms with Gasteiger partial charge in [-0.2, -0.15) is 0 Å². The summed E-state index contributed by atoms with van der Waals surface area (Å²) < 4.78 is 10.8. The third kappa shape index (κ3) is 3.24. The summed E-state index contributed by atoms with van der Waals surface area (Å²) in [6, 6.07) is 11.1. The molecule has 136 valence electrons. The van der Waals surface area contributed by atoms with E-state index in [0.29, 0.717) is 26.2 Å². The maximum absolute atomic E-state index is 12.7. The van der Waals surface area contributed by atoms with Crippen LogP contribution in [0.1, 0.15) is 29.8 Å². The predicted molar refractivity (Wildman–Crippen MR) is 95.6 cm³/mol. The summed E-state index contributed by atoms with van der Waals surface area (Å²) in [5.41, 5.74) is 1.64. The molecule has 1 aromatic carbocycles. The lowest BCUT2D eigenvalue weighted by molar-refractivity contribution is -0.132. The Bertz CT molecular complexity index is 780. The second-order valence-corrected chi connectivity index (χ2v) is 6.72. The number of hydrogen-bond donors (Lipinski definition) is 1. The number of benzene rings is 1. The highest BCUT2D eigenvalue weighted by Gasteiger charge is 2.37. The Kier molecular flexibility index (Phi) is 4.75. The molecule has 1 atom stereocenters. The van der Waals surface area contributed by atoms with E-state index in [9.17, 15) is 9.59 Å². The maximum atomic E-state index is 12.7. The molecule has 0 aliphatic carbocycles. The van der Waals surface area contributed by atoms with Crippen molar-refractivity contribution in [1.82, 2.24) is 10.2 Å². The Hall–Kier alpha value is -2.60. The van der Waals surface area contributed by atoms with E-state index in [2.05, 4.69) is 5.32 Å². The second-order valence-electron chi connectivity index (χ2n) is 6.72. The number of likely N-dealkylation sites (tertiary alicyclic amines) is 1. The zero-order valence-electron chi connectivity index (χ0n) is 14.5. The molecule has 1 aromatic heterocycles. The van der Waals surface area contributed by atoms with E-state index in [1.54, 1.807) is 6.07 Å². The molecule has 6 nitrogen and oxygen atoms in total. The van der Waals surface area contributed by atoms with Crippen molar-refractivity contribution in [3.63, 3.8) is 0 Å². The largest absolute Gasteiger partial charge is 0.459 e. The van der Waals surface area contributed by atoms with Gasteiger partial charge in [-0.05, 0) is 30.9 Å². The Morgan fingerprint density at radius 2 is 1.85 bits per heavy atom. The highest BCUT2D eigenvalue weighted by Crippen LogP contribution is 2.26. The summed E-state index contributed by atoms with van der Waals surface area (Å²) in [5, 5.41) is 2.86. The molecule has 3 heterocycles. The van der Waals surface area contributed by atoms with Crippen molar-refractivity contribution in [3.05, 3.63) is 48.4 Å². The first kappa shape index (κ1) is 16.8. The van der Waals surface area contributed by atoms with Gasteiger partial charge in [0.15, 0.2) is 5.76 Å². The summed E-state index contributed by atoms with van der Waals surface area (Å²) in [4.78, 5) is 27.3. The summed E-state index contributed by atoms with van der Waals surface area (Å²) >= 11 is 0. The monoisotopic (exact) mass is 354 g/mol. The number of hydrogen-bond acceptors (Lipinski definition) is 4. The average molecular weight is 354 g/mol. The van der Waals surface area contributed by atoms with Gasteiger partial charge in [-0.1, -0.05) is 30.3 Å². The van der Waals surface area contributed by atoms with Crippen molar-refractivity contribution in [2.75, 3.05) is 19.8 Å². The first-order chi connectivity index (χ1) is 12.7. The second kappa shape index (κ2) is 7.33. The fourth-order valence-corrected chi connectivity index (χ4v) is 3.75. The zero-order valence-corrected chi connectivity index (χ0v) is 14.5. The third-order valence-corrected chi connectivity index (χ3v) is 5.13. The minimum Gasteiger partial charge on any atom is -0.459 e. The fraction of sp³-hybridized carbons (Fsp3) is 0.400. The van der Waals surface area contributed by atoms with Crippen LogP contribution < -0.4 is 5.32 Å². The van der Waals surface area contributed by atoms with E-state index in [4.69, 9.17) is 9.15 Å². The number of nitrogens with one attached hydrogen (secondary N) is 1. The van der Waals surface area contributed by atoms with Gasteiger partial charge < -0.3 is 19.4 Å². The van der Waals surface area contributed by atoms with Gasteiger partial charge in [0, 0.05) is 31.4 Å². The molecule has 0 radical (unpaired) electrons. The molecule has 1 unspecified atom stereocenters. The lowest BCUT2D eigenvalue weighted by atomic mass is 10.1. The Balaban J connectivity index is 1.45. The van der Waals surface area contributed by atoms with E-state index in [1.807, 2.05) is 35.2 Å². The van der Waals surface area contributed by atoms with Crippen LogP contribution in [0.3, 0.4) is 0 Å². The maximum Gasteiger partial charge on any atom is 0.288 e. The van der Waals surface area contributed by atoms with Crippen LogP contribution in [0.15, 0.2) is 47.1 Å². The minimum absolute atomic E-state index is 0.00179. The molecular weight excluding hydrogens is 332 g/mol. The van der Waals surface area contributed by atoms with Crippen LogP contribution in [0.4, 0.5) is 0 Å². The van der Waals surface area contributed by atoms with Crippen molar-refractivity contribution in [2.45, 2.75) is 31.3 Å². The number of furan rings is 1. The van der Waals surface area contributed by atoms with Crippen molar-refractivity contribution < 1.29 is 18.7 Å². The molecule has 2 aromatic rings. The zero-order chi connectivity index (χ0) is 17.9. The number of ether oxygens (including phenoxy) is 1.